The predicted octanol–water partition coefficient (Wildman–Crippen LogP) is -0.186. The second kappa shape index (κ2) is 2.68. The number of ether oxygens (including phenoxy) is 3. The van der Waals surface area contributed by atoms with E-state index in [0.29, 0.717) is 0 Å². The van der Waals surface area contributed by atoms with Crippen LogP contribution in [0.25, 0.3) is 0 Å². The van der Waals surface area contributed by atoms with E-state index in [1.807, 2.05) is 0 Å². The summed E-state index contributed by atoms with van der Waals surface area (Å²) in [6.07, 6.45) is -1.13. The first-order valence-corrected chi connectivity index (χ1v) is 4.59. The van der Waals surface area contributed by atoms with Gasteiger partial charge in [0.25, 0.3) is 0 Å². The van der Waals surface area contributed by atoms with Gasteiger partial charge in [0.15, 0.2) is 17.5 Å². The van der Waals surface area contributed by atoms with Crippen molar-refractivity contribution in [2.75, 3.05) is 6.61 Å². The second-order valence-electron chi connectivity index (χ2n) is 4.27. The van der Waals surface area contributed by atoms with E-state index in [1.54, 1.807) is 20.8 Å². The third-order valence-corrected chi connectivity index (χ3v) is 2.59. The highest BCUT2D eigenvalue weighted by atomic mass is 16.8. The van der Waals surface area contributed by atoms with Crippen LogP contribution in [0.4, 0.5) is 0 Å². The molecule has 2 heterocycles. The predicted molar refractivity (Wildman–Crippen MR) is 45.4 cm³/mol. The Morgan fingerprint density at radius 2 is 2.07 bits per heavy atom. The molecule has 5 heteroatoms. The van der Waals surface area contributed by atoms with Gasteiger partial charge in [0.1, 0.15) is 6.10 Å². The minimum atomic E-state index is -1.07. The van der Waals surface area contributed by atoms with Crippen LogP contribution in [0, 0.1) is 0 Å². The smallest absolute Gasteiger partial charge is 0.341 e. The summed E-state index contributed by atoms with van der Waals surface area (Å²) in [4.78, 5) is 11.5. The van der Waals surface area contributed by atoms with Crippen molar-refractivity contribution < 1.29 is 24.1 Å². The van der Waals surface area contributed by atoms with Crippen LogP contribution in [0.3, 0.4) is 0 Å². The molecule has 0 radical (unpaired) electrons. The molecule has 0 bridgehead atoms. The van der Waals surface area contributed by atoms with Crippen LogP contribution in [0.2, 0.25) is 0 Å². The summed E-state index contributed by atoms with van der Waals surface area (Å²) in [5, 5.41) is 9.00. The van der Waals surface area contributed by atoms with Crippen molar-refractivity contribution >= 4 is 5.97 Å². The van der Waals surface area contributed by atoms with Gasteiger partial charge in [0.2, 0.25) is 0 Å². The van der Waals surface area contributed by atoms with E-state index >= 15 is 0 Å². The van der Waals surface area contributed by atoms with E-state index in [2.05, 4.69) is 0 Å². The molecule has 5 nitrogen and oxygen atoms in total. The lowest BCUT2D eigenvalue weighted by molar-refractivity contribution is -0.198. The molecule has 3 atom stereocenters. The number of carbonyl (C=O) groups is 1. The highest BCUT2D eigenvalue weighted by Gasteiger charge is 2.64. The van der Waals surface area contributed by atoms with Gasteiger partial charge in [0, 0.05) is 0 Å². The molecule has 0 aliphatic carbocycles. The monoisotopic (exact) mass is 202 g/mol. The topological polar surface area (TPSA) is 65.0 Å². The summed E-state index contributed by atoms with van der Waals surface area (Å²) in [5.41, 5.74) is -1.07. The standard InChI is InChI=1S/C9H14O5/c1-8(2)13-6-5(4-10)12-7(11)9(6,3)14-8/h5-6,10H,4H2,1-3H3/t5?,6-,9-/m0/s1. The van der Waals surface area contributed by atoms with E-state index in [9.17, 15) is 4.79 Å². The van der Waals surface area contributed by atoms with Gasteiger partial charge in [-0.1, -0.05) is 0 Å². The number of hydrogen-bond acceptors (Lipinski definition) is 5. The Morgan fingerprint density at radius 3 is 2.64 bits per heavy atom. The van der Waals surface area contributed by atoms with Crippen molar-refractivity contribution in [1.29, 1.82) is 0 Å². The molecule has 2 rings (SSSR count). The third kappa shape index (κ3) is 1.16. The van der Waals surface area contributed by atoms with Crippen LogP contribution >= 0.6 is 0 Å². The number of hydrogen-bond donors (Lipinski definition) is 1. The van der Waals surface area contributed by atoms with E-state index < -0.39 is 29.6 Å². The van der Waals surface area contributed by atoms with Crippen molar-refractivity contribution in [1.82, 2.24) is 0 Å². The zero-order valence-corrected chi connectivity index (χ0v) is 8.44. The van der Waals surface area contributed by atoms with Crippen molar-refractivity contribution in [2.45, 2.75) is 44.4 Å². The number of cyclic esters (lactones) is 1. The molecule has 0 spiro atoms. The van der Waals surface area contributed by atoms with E-state index in [4.69, 9.17) is 19.3 Å². The Bertz CT molecular complexity index is 274. The average Bonchev–Trinajstić information content (AvgIpc) is 2.42. The lowest BCUT2D eigenvalue weighted by Gasteiger charge is -2.21. The van der Waals surface area contributed by atoms with E-state index in [1.165, 1.54) is 0 Å². The van der Waals surface area contributed by atoms with Crippen LogP contribution in [0.1, 0.15) is 20.8 Å². The fourth-order valence-corrected chi connectivity index (χ4v) is 2.05. The van der Waals surface area contributed by atoms with Gasteiger partial charge < -0.3 is 19.3 Å². The maximum absolute atomic E-state index is 11.5. The fourth-order valence-electron chi connectivity index (χ4n) is 2.05. The summed E-state index contributed by atoms with van der Waals surface area (Å²) >= 11 is 0. The molecular weight excluding hydrogens is 188 g/mol. The molecule has 0 saturated carbocycles. The maximum Gasteiger partial charge on any atom is 0.341 e. The molecule has 0 aromatic heterocycles. The molecule has 0 aromatic rings. The Kier molecular flexibility index (Phi) is 1.90. The SMILES string of the molecule is CC1(C)O[C@H]2C(CO)OC(=O)[C@@]2(C)O1. The van der Waals surface area contributed by atoms with Gasteiger partial charge in [-0.05, 0) is 20.8 Å². The zero-order valence-electron chi connectivity index (χ0n) is 8.44. The molecule has 1 N–H and O–H groups in total. The molecule has 14 heavy (non-hydrogen) atoms. The summed E-state index contributed by atoms with van der Waals surface area (Å²) in [7, 11) is 0. The molecule has 2 fully saturated rings. The maximum atomic E-state index is 11.5. The van der Waals surface area contributed by atoms with Crippen LogP contribution < -0.4 is 0 Å². The van der Waals surface area contributed by atoms with E-state index in [-0.39, 0.29) is 6.61 Å². The summed E-state index contributed by atoms with van der Waals surface area (Å²) < 4.78 is 16.0. The average molecular weight is 202 g/mol. The van der Waals surface area contributed by atoms with Gasteiger partial charge in [0.05, 0.1) is 6.61 Å². The highest BCUT2D eigenvalue weighted by Crippen LogP contribution is 2.43. The Morgan fingerprint density at radius 1 is 1.43 bits per heavy atom. The number of aliphatic hydroxyl groups is 1. The zero-order chi connectivity index (χ0) is 10.6. The number of rotatable bonds is 1. The quantitative estimate of drug-likeness (QED) is 0.597. The number of carbonyl (C=O) groups excluding carboxylic acids is 1. The first-order chi connectivity index (χ1) is 6.39. The summed E-state index contributed by atoms with van der Waals surface area (Å²) in [6, 6.07) is 0. The fraction of sp³-hybridized carbons (Fsp3) is 0.889. The second-order valence-corrected chi connectivity index (χ2v) is 4.27. The first kappa shape index (κ1) is 9.89. The van der Waals surface area contributed by atoms with Gasteiger partial charge in [-0.25, -0.2) is 4.79 Å². The third-order valence-electron chi connectivity index (χ3n) is 2.59. The van der Waals surface area contributed by atoms with Crippen LogP contribution in [-0.2, 0) is 19.0 Å². The van der Waals surface area contributed by atoms with Crippen molar-refractivity contribution in [3.05, 3.63) is 0 Å². The van der Waals surface area contributed by atoms with Gasteiger partial charge in [-0.15, -0.1) is 0 Å². The van der Waals surface area contributed by atoms with Gasteiger partial charge >= 0.3 is 5.97 Å². The molecule has 80 valence electrons. The number of fused-ring (bicyclic) bond motifs is 1. The molecular formula is C9H14O5. The molecule has 1 unspecified atom stereocenters. The minimum absolute atomic E-state index is 0.245. The molecule has 0 aromatic carbocycles. The number of esters is 1. The molecule has 2 saturated heterocycles. The van der Waals surface area contributed by atoms with Crippen molar-refractivity contribution in [2.24, 2.45) is 0 Å². The molecule has 0 amide bonds. The highest BCUT2D eigenvalue weighted by molar-refractivity contribution is 5.83. The van der Waals surface area contributed by atoms with Gasteiger partial charge in [-0.3, -0.25) is 0 Å². The minimum Gasteiger partial charge on any atom is -0.455 e. The summed E-state index contributed by atoms with van der Waals surface area (Å²) in [5.74, 6) is -1.26. The van der Waals surface area contributed by atoms with Crippen LogP contribution in [-0.4, -0.2) is 41.3 Å². The lowest BCUT2D eigenvalue weighted by atomic mass is 9.99. The van der Waals surface area contributed by atoms with E-state index in [0.717, 1.165) is 0 Å². The van der Waals surface area contributed by atoms with Crippen molar-refractivity contribution in [3.8, 4) is 0 Å². The molecule has 2 aliphatic heterocycles. The number of aliphatic hydroxyl groups excluding tert-OH is 1. The van der Waals surface area contributed by atoms with Gasteiger partial charge in [-0.2, -0.15) is 0 Å². The Hall–Kier alpha value is -0.650. The Labute approximate surface area is 81.9 Å². The first-order valence-electron chi connectivity index (χ1n) is 4.59. The summed E-state index contributed by atoms with van der Waals surface area (Å²) in [6.45, 7) is 4.85. The Balaban J connectivity index is 2.30. The van der Waals surface area contributed by atoms with Crippen molar-refractivity contribution in [3.63, 3.8) is 0 Å². The lowest BCUT2D eigenvalue weighted by Crippen LogP contribution is -2.41. The molecule has 2 aliphatic rings. The normalized spacial score (nSPS) is 45.0. The largest absolute Gasteiger partial charge is 0.455 e. The van der Waals surface area contributed by atoms with Crippen LogP contribution in [0.5, 0.6) is 0 Å². The van der Waals surface area contributed by atoms with Crippen LogP contribution in [0.15, 0.2) is 0 Å².